The van der Waals surface area contributed by atoms with Crippen LogP contribution in [0.1, 0.15) is 16.4 Å². The largest absolute Gasteiger partial charge is 0.497 e. The summed E-state index contributed by atoms with van der Waals surface area (Å²) in [4.78, 5) is 16.2. The van der Waals surface area contributed by atoms with Crippen LogP contribution in [0.5, 0.6) is 5.75 Å². The van der Waals surface area contributed by atoms with Crippen LogP contribution in [0.3, 0.4) is 0 Å². The maximum atomic E-state index is 12.1. The molecule has 0 spiro atoms. The fraction of sp³-hybridized carbons (Fsp3) is 0.188. The molecule has 0 aliphatic rings. The quantitative estimate of drug-likeness (QED) is 0.779. The molecule has 3 aromatic rings. The summed E-state index contributed by atoms with van der Waals surface area (Å²) < 4.78 is 12.1. The van der Waals surface area contributed by atoms with E-state index in [0.717, 1.165) is 17.1 Å². The molecular weight excluding hydrogens is 296 g/mol. The molecule has 0 fully saturated rings. The fourth-order valence-corrected chi connectivity index (χ4v) is 2.09. The van der Waals surface area contributed by atoms with Crippen LogP contribution < -0.4 is 10.1 Å². The zero-order valence-corrected chi connectivity index (χ0v) is 12.8. The minimum atomic E-state index is -0.333. The summed E-state index contributed by atoms with van der Waals surface area (Å²) in [6.45, 7) is 0.320. The molecule has 7 nitrogen and oxygen atoms in total. The number of nitrogens with zero attached hydrogens (tertiary/aromatic N) is 3. The predicted octanol–water partition coefficient (Wildman–Crippen LogP) is 2.01. The number of nitrogens with one attached hydrogen (secondary N) is 1. The Kier molecular flexibility index (Phi) is 4.09. The Morgan fingerprint density at radius 2 is 2.13 bits per heavy atom. The van der Waals surface area contributed by atoms with Gasteiger partial charge in [0.05, 0.1) is 13.7 Å². The van der Waals surface area contributed by atoms with Gasteiger partial charge in [0.25, 0.3) is 5.91 Å². The van der Waals surface area contributed by atoms with Crippen LogP contribution in [0, 0.1) is 0 Å². The summed E-state index contributed by atoms with van der Waals surface area (Å²) in [6.07, 6.45) is 3.50. The molecule has 0 aliphatic heterocycles. The van der Waals surface area contributed by atoms with Crippen molar-refractivity contribution in [2.24, 2.45) is 7.05 Å². The number of rotatable bonds is 5. The molecule has 0 atom stereocenters. The van der Waals surface area contributed by atoms with Crippen molar-refractivity contribution in [3.8, 4) is 17.0 Å². The first-order chi connectivity index (χ1) is 11.2. The van der Waals surface area contributed by atoms with Crippen molar-refractivity contribution < 1.29 is 14.1 Å². The van der Waals surface area contributed by atoms with E-state index < -0.39 is 0 Å². The van der Waals surface area contributed by atoms with Gasteiger partial charge in [-0.05, 0) is 24.3 Å². The van der Waals surface area contributed by atoms with E-state index in [-0.39, 0.29) is 11.7 Å². The number of carbonyl (C=O) groups excluding carboxylic acids is 1. The lowest BCUT2D eigenvalue weighted by molar-refractivity contribution is 0.0912. The molecule has 1 N–H and O–H groups in total. The van der Waals surface area contributed by atoms with Crippen molar-refractivity contribution in [2.45, 2.75) is 6.54 Å². The molecule has 23 heavy (non-hydrogen) atoms. The van der Waals surface area contributed by atoms with Crippen molar-refractivity contribution in [1.29, 1.82) is 0 Å². The standard InChI is InChI=1S/C16H16N4O3/c1-20-8-7-17-15(20)10-18-16(21)14-9-13(19-23-14)11-3-5-12(22-2)6-4-11/h3-9H,10H2,1-2H3,(H,18,21). The molecule has 7 heteroatoms. The van der Waals surface area contributed by atoms with Gasteiger partial charge in [-0.1, -0.05) is 5.16 Å². The second kappa shape index (κ2) is 6.35. The highest BCUT2D eigenvalue weighted by Crippen LogP contribution is 2.22. The van der Waals surface area contributed by atoms with Crippen LogP contribution in [-0.2, 0) is 13.6 Å². The summed E-state index contributed by atoms with van der Waals surface area (Å²) in [5.74, 6) is 1.34. The molecule has 118 valence electrons. The number of ether oxygens (including phenoxy) is 1. The molecule has 0 radical (unpaired) electrons. The van der Waals surface area contributed by atoms with Crippen LogP contribution in [0.15, 0.2) is 47.2 Å². The van der Waals surface area contributed by atoms with E-state index >= 15 is 0 Å². The van der Waals surface area contributed by atoms with E-state index in [1.165, 1.54) is 0 Å². The molecule has 0 unspecified atom stereocenters. The predicted molar refractivity (Wildman–Crippen MR) is 82.9 cm³/mol. The van der Waals surface area contributed by atoms with E-state index in [2.05, 4.69) is 15.5 Å². The van der Waals surface area contributed by atoms with Gasteiger partial charge in [0.15, 0.2) is 0 Å². The van der Waals surface area contributed by atoms with Gasteiger partial charge in [0.1, 0.15) is 17.3 Å². The molecule has 2 heterocycles. The fourth-order valence-electron chi connectivity index (χ4n) is 2.09. The van der Waals surface area contributed by atoms with Gasteiger partial charge in [-0.25, -0.2) is 4.98 Å². The minimum Gasteiger partial charge on any atom is -0.497 e. The lowest BCUT2D eigenvalue weighted by atomic mass is 10.1. The molecule has 0 saturated carbocycles. The zero-order valence-electron chi connectivity index (χ0n) is 12.8. The van der Waals surface area contributed by atoms with Crippen molar-refractivity contribution in [1.82, 2.24) is 20.0 Å². The average molecular weight is 312 g/mol. The highest BCUT2D eigenvalue weighted by Gasteiger charge is 2.14. The molecule has 1 amide bonds. The third-order valence-corrected chi connectivity index (χ3v) is 3.45. The second-order valence-electron chi connectivity index (χ2n) is 4.94. The first kappa shape index (κ1) is 14.8. The Hall–Kier alpha value is -3.09. The number of amides is 1. The first-order valence-corrected chi connectivity index (χ1v) is 7.03. The molecule has 0 bridgehead atoms. The van der Waals surface area contributed by atoms with E-state index in [1.54, 1.807) is 19.4 Å². The Balaban J connectivity index is 1.68. The number of methoxy groups -OCH3 is 1. The van der Waals surface area contributed by atoms with Crippen molar-refractivity contribution in [2.75, 3.05) is 7.11 Å². The minimum absolute atomic E-state index is 0.157. The van der Waals surface area contributed by atoms with Crippen LogP contribution in [0.25, 0.3) is 11.3 Å². The summed E-state index contributed by atoms with van der Waals surface area (Å²) in [5.41, 5.74) is 1.44. The number of aromatic nitrogens is 3. The van der Waals surface area contributed by atoms with Gasteiger partial charge >= 0.3 is 0 Å². The SMILES string of the molecule is COc1ccc(-c2cc(C(=O)NCc3nccn3C)on2)cc1. The van der Waals surface area contributed by atoms with Crippen molar-refractivity contribution in [3.05, 3.63) is 54.3 Å². The van der Waals surface area contributed by atoms with Crippen LogP contribution >= 0.6 is 0 Å². The topological polar surface area (TPSA) is 82.2 Å². The van der Waals surface area contributed by atoms with Gasteiger partial charge in [-0.3, -0.25) is 4.79 Å². The van der Waals surface area contributed by atoms with Gasteiger partial charge in [-0.15, -0.1) is 0 Å². The number of benzene rings is 1. The molecule has 3 rings (SSSR count). The normalized spacial score (nSPS) is 10.5. The summed E-state index contributed by atoms with van der Waals surface area (Å²) in [6, 6.07) is 8.96. The Bertz CT molecular complexity index is 805. The van der Waals surface area contributed by atoms with Crippen LogP contribution in [0.2, 0.25) is 0 Å². The highest BCUT2D eigenvalue weighted by molar-refractivity contribution is 5.92. The van der Waals surface area contributed by atoms with Gasteiger partial charge < -0.3 is 19.1 Å². The molecule has 0 saturated heterocycles. The maximum Gasteiger partial charge on any atom is 0.290 e. The van der Waals surface area contributed by atoms with Crippen LogP contribution in [0.4, 0.5) is 0 Å². The number of carbonyl (C=O) groups is 1. The average Bonchev–Trinajstić information content (AvgIpc) is 3.22. The van der Waals surface area contributed by atoms with Gasteiger partial charge in [0, 0.05) is 31.1 Å². The molecule has 1 aromatic carbocycles. The third-order valence-electron chi connectivity index (χ3n) is 3.45. The first-order valence-electron chi connectivity index (χ1n) is 7.03. The molecule has 0 aliphatic carbocycles. The second-order valence-corrected chi connectivity index (χ2v) is 4.94. The Morgan fingerprint density at radius 3 is 2.78 bits per heavy atom. The maximum absolute atomic E-state index is 12.1. The Morgan fingerprint density at radius 1 is 1.35 bits per heavy atom. The summed E-state index contributed by atoms with van der Waals surface area (Å²) in [5, 5.41) is 6.68. The molecule has 2 aromatic heterocycles. The smallest absolute Gasteiger partial charge is 0.290 e. The highest BCUT2D eigenvalue weighted by atomic mass is 16.5. The van der Waals surface area contributed by atoms with E-state index in [9.17, 15) is 4.79 Å². The molecular formula is C16H16N4O3. The summed E-state index contributed by atoms with van der Waals surface area (Å²) in [7, 11) is 3.47. The van der Waals surface area contributed by atoms with Crippen LogP contribution in [-0.4, -0.2) is 27.7 Å². The van der Waals surface area contributed by atoms with E-state index in [4.69, 9.17) is 9.26 Å². The van der Waals surface area contributed by atoms with Crippen molar-refractivity contribution in [3.63, 3.8) is 0 Å². The zero-order chi connectivity index (χ0) is 16.2. The van der Waals surface area contributed by atoms with Gasteiger partial charge in [0.2, 0.25) is 5.76 Å². The number of hydrogen-bond acceptors (Lipinski definition) is 5. The summed E-state index contributed by atoms with van der Waals surface area (Å²) >= 11 is 0. The Labute approximate surface area is 132 Å². The van der Waals surface area contributed by atoms with E-state index in [1.807, 2.05) is 42.1 Å². The van der Waals surface area contributed by atoms with E-state index in [0.29, 0.717) is 12.2 Å². The van der Waals surface area contributed by atoms with Gasteiger partial charge in [-0.2, -0.15) is 0 Å². The lowest BCUT2D eigenvalue weighted by Crippen LogP contribution is -2.23. The van der Waals surface area contributed by atoms with Crippen molar-refractivity contribution >= 4 is 5.91 Å². The third kappa shape index (κ3) is 3.23. The number of aryl methyl sites for hydroxylation is 1. The monoisotopic (exact) mass is 312 g/mol. The number of imidazole rings is 1. The number of hydrogen-bond donors (Lipinski definition) is 1. The lowest BCUT2D eigenvalue weighted by Gasteiger charge is -2.02.